The molecule has 0 saturated carbocycles. The number of imidazole rings is 1. The number of carbonyl (C=O) groups excluding carboxylic acids is 1. The summed E-state index contributed by atoms with van der Waals surface area (Å²) in [7, 11) is -3.74. The second-order valence-electron chi connectivity index (χ2n) is 7.83. The number of fused-ring (bicyclic) bond motifs is 1. The first kappa shape index (κ1) is 21.7. The number of nitrogens with one attached hydrogen (secondary N) is 2. The molecule has 2 N–H and O–H groups in total. The maximum Gasteiger partial charge on any atom is 0.291 e. The number of H-pyrrole nitrogens is 1. The van der Waals surface area contributed by atoms with Gasteiger partial charge in [-0.05, 0) is 55.3 Å². The number of furan rings is 1. The standard InChI is InChI=1S/C23H21ClN4O4S/c24-17-7-3-2-6-16(17)22-26-18-9-8-15(14-19(18)27-22)25-23(29)20-10-11-21(32-20)33(30,31)28-12-4-1-5-13-28/h2-3,6-11,14H,1,4-5,12-13H2,(H,25,29)(H,26,27). The van der Waals surface area contributed by atoms with Crippen LogP contribution in [0.2, 0.25) is 5.02 Å². The molecule has 0 radical (unpaired) electrons. The molecule has 2 aromatic carbocycles. The summed E-state index contributed by atoms with van der Waals surface area (Å²) in [4.78, 5) is 20.4. The van der Waals surface area contributed by atoms with E-state index in [2.05, 4.69) is 15.3 Å². The molecule has 8 nitrogen and oxygen atoms in total. The summed E-state index contributed by atoms with van der Waals surface area (Å²) in [6.07, 6.45) is 2.65. The molecule has 0 unspecified atom stereocenters. The van der Waals surface area contributed by atoms with Crippen molar-refractivity contribution in [1.29, 1.82) is 0 Å². The fraction of sp³-hybridized carbons (Fsp3) is 0.217. The maximum absolute atomic E-state index is 12.8. The van der Waals surface area contributed by atoms with Crippen molar-refractivity contribution in [3.8, 4) is 11.4 Å². The molecule has 0 bridgehead atoms. The maximum atomic E-state index is 12.8. The Morgan fingerprint density at radius 3 is 2.64 bits per heavy atom. The molecule has 5 rings (SSSR count). The van der Waals surface area contributed by atoms with Gasteiger partial charge in [-0.1, -0.05) is 30.2 Å². The molecular formula is C23H21ClN4O4S. The number of rotatable bonds is 5. The van der Waals surface area contributed by atoms with Crippen molar-refractivity contribution in [3.05, 3.63) is 65.4 Å². The van der Waals surface area contributed by atoms with Gasteiger partial charge in [0.2, 0.25) is 5.09 Å². The molecular weight excluding hydrogens is 464 g/mol. The van der Waals surface area contributed by atoms with Crippen LogP contribution in [0.1, 0.15) is 29.8 Å². The zero-order chi connectivity index (χ0) is 23.0. The summed E-state index contributed by atoms with van der Waals surface area (Å²) in [5.41, 5.74) is 2.73. The van der Waals surface area contributed by atoms with Gasteiger partial charge in [0, 0.05) is 24.3 Å². The van der Waals surface area contributed by atoms with Gasteiger partial charge in [-0.25, -0.2) is 13.4 Å². The molecule has 1 fully saturated rings. The molecule has 1 aliphatic heterocycles. The van der Waals surface area contributed by atoms with Crippen LogP contribution in [0.3, 0.4) is 0 Å². The molecule has 0 spiro atoms. The number of sulfonamides is 1. The van der Waals surface area contributed by atoms with Gasteiger partial charge in [0.15, 0.2) is 5.76 Å². The fourth-order valence-electron chi connectivity index (χ4n) is 3.87. The molecule has 4 aromatic rings. The van der Waals surface area contributed by atoms with Crippen molar-refractivity contribution in [2.75, 3.05) is 18.4 Å². The Labute approximate surface area is 195 Å². The lowest BCUT2D eigenvalue weighted by Crippen LogP contribution is -2.35. The Bertz CT molecular complexity index is 1440. The minimum absolute atomic E-state index is 0.0768. The van der Waals surface area contributed by atoms with Gasteiger partial charge >= 0.3 is 0 Å². The van der Waals surface area contributed by atoms with Crippen LogP contribution < -0.4 is 5.32 Å². The van der Waals surface area contributed by atoms with Crippen LogP contribution in [0.4, 0.5) is 5.69 Å². The zero-order valence-electron chi connectivity index (χ0n) is 17.5. The number of aromatic amines is 1. The van der Waals surface area contributed by atoms with Gasteiger partial charge in [0.05, 0.1) is 16.1 Å². The van der Waals surface area contributed by atoms with E-state index in [4.69, 9.17) is 16.0 Å². The van der Waals surface area contributed by atoms with Crippen LogP contribution in [-0.2, 0) is 10.0 Å². The van der Waals surface area contributed by atoms with Crippen molar-refractivity contribution in [2.24, 2.45) is 0 Å². The number of hydrogen-bond acceptors (Lipinski definition) is 5. The van der Waals surface area contributed by atoms with Crippen LogP contribution in [0.25, 0.3) is 22.4 Å². The first-order valence-corrected chi connectivity index (χ1v) is 12.4. The summed E-state index contributed by atoms with van der Waals surface area (Å²) in [5.74, 6) is 0.00464. The summed E-state index contributed by atoms with van der Waals surface area (Å²) < 4.78 is 32.3. The Morgan fingerprint density at radius 1 is 1.06 bits per heavy atom. The minimum atomic E-state index is -3.74. The third-order valence-electron chi connectivity index (χ3n) is 5.58. The Morgan fingerprint density at radius 2 is 1.85 bits per heavy atom. The number of piperidine rings is 1. The first-order valence-electron chi connectivity index (χ1n) is 10.6. The molecule has 0 aliphatic carbocycles. The number of aromatic nitrogens is 2. The van der Waals surface area contributed by atoms with Gasteiger partial charge in [0.1, 0.15) is 5.82 Å². The van der Waals surface area contributed by atoms with E-state index >= 15 is 0 Å². The quantitative estimate of drug-likeness (QED) is 0.418. The monoisotopic (exact) mass is 484 g/mol. The van der Waals surface area contributed by atoms with Gasteiger partial charge in [-0.15, -0.1) is 0 Å². The molecule has 1 saturated heterocycles. The average molecular weight is 485 g/mol. The smallest absolute Gasteiger partial charge is 0.291 e. The topological polar surface area (TPSA) is 108 Å². The molecule has 33 heavy (non-hydrogen) atoms. The average Bonchev–Trinajstić information content (AvgIpc) is 3.48. The number of amides is 1. The van der Waals surface area contributed by atoms with E-state index in [-0.39, 0.29) is 10.9 Å². The summed E-state index contributed by atoms with van der Waals surface area (Å²) in [6.45, 7) is 0.926. The molecule has 170 valence electrons. The van der Waals surface area contributed by atoms with Gasteiger partial charge < -0.3 is 14.7 Å². The van der Waals surface area contributed by atoms with Crippen LogP contribution in [0.15, 0.2) is 64.1 Å². The molecule has 3 heterocycles. The molecule has 2 aromatic heterocycles. The van der Waals surface area contributed by atoms with E-state index in [1.807, 2.05) is 18.2 Å². The highest BCUT2D eigenvalue weighted by molar-refractivity contribution is 7.89. The lowest BCUT2D eigenvalue weighted by Gasteiger charge is -2.24. The Kier molecular flexibility index (Phi) is 5.69. The fourth-order valence-corrected chi connectivity index (χ4v) is 5.53. The van der Waals surface area contributed by atoms with Gasteiger partial charge in [-0.2, -0.15) is 4.31 Å². The predicted octanol–water partition coefficient (Wildman–Crippen LogP) is 4.90. The van der Waals surface area contributed by atoms with E-state index in [0.29, 0.717) is 29.6 Å². The summed E-state index contributed by atoms with van der Waals surface area (Å²) in [5, 5.41) is 3.10. The Balaban J connectivity index is 1.35. The molecule has 0 atom stereocenters. The lowest BCUT2D eigenvalue weighted by atomic mass is 10.2. The van der Waals surface area contributed by atoms with E-state index in [1.54, 1.807) is 24.3 Å². The third-order valence-corrected chi connectivity index (χ3v) is 7.69. The minimum Gasteiger partial charge on any atom is -0.438 e. The SMILES string of the molecule is O=C(Nc1ccc2nc(-c3ccccc3Cl)[nH]c2c1)c1ccc(S(=O)(=O)N2CCCCC2)o1. The van der Waals surface area contributed by atoms with Crippen molar-refractivity contribution >= 4 is 44.3 Å². The highest BCUT2D eigenvalue weighted by Crippen LogP contribution is 2.28. The van der Waals surface area contributed by atoms with E-state index < -0.39 is 15.9 Å². The van der Waals surface area contributed by atoms with Crippen molar-refractivity contribution in [2.45, 2.75) is 24.4 Å². The molecule has 1 aliphatic rings. The molecule has 10 heteroatoms. The summed E-state index contributed by atoms with van der Waals surface area (Å²) >= 11 is 6.26. The Hall–Kier alpha value is -3.14. The highest BCUT2D eigenvalue weighted by atomic mass is 35.5. The van der Waals surface area contributed by atoms with Crippen molar-refractivity contribution < 1.29 is 17.6 Å². The van der Waals surface area contributed by atoms with Gasteiger partial charge in [0.25, 0.3) is 15.9 Å². The largest absolute Gasteiger partial charge is 0.438 e. The van der Waals surface area contributed by atoms with E-state index in [0.717, 1.165) is 35.9 Å². The van der Waals surface area contributed by atoms with Crippen molar-refractivity contribution in [1.82, 2.24) is 14.3 Å². The van der Waals surface area contributed by atoms with Crippen LogP contribution in [0.5, 0.6) is 0 Å². The number of halogens is 1. The second-order valence-corrected chi connectivity index (χ2v) is 10.1. The third kappa shape index (κ3) is 4.27. The number of hydrogen-bond donors (Lipinski definition) is 2. The van der Waals surface area contributed by atoms with E-state index in [1.165, 1.54) is 16.4 Å². The highest BCUT2D eigenvalue weighted by Gasteiger charge is 2.29. The lowest BCUT2D eigenvalue weighted by molar-refractivity contribution is 0.0991. The van der Waals surface area contributed by atoms with Crippen LogP contribution in [0, 0.1) is 0 Å². The summed E-state index contributed by atoms with van der Waals surface area (Å²) in [6, 6.07) is 15.3. The van der Waals surface area contributed by atoms with Crippen molar-refractivity contribution in [3.63, 3.8) is 0 Å². The molecule has 1 amide bonds. The number of anilines is 1. The van der Waals surface area contributed by atoms with Gasteiger partial charge in [-0.3, -0.25) is 4.79 Å². The van der Waals surface area contributed by atoms with Crippen LogP contribution in [-0.4, -0.2) is 41.7 Å². The predicted molar refractivity (Wildman–Crippen MR) is 126 cm³/mol. The number of nitrogens with zero attached hydrogens (tertiary/aromatic N) is 2. The number of benzene rings is 2. The van der Waals surface area contributed by atoms with Crippen LogP contribution >= 0.6 is 11.6 Å². The normalized spacial score (nSPS) is 15.1. The van der Waals surface area contributed by atoms with E-state index in [9.17, 15) is 13.2 Å². The zero-order valence-corrected chi connectivity index (χ0v) is 19.1. The first-order chi connectivity index (χ1) is 15.9. The number of carbonyl (C=O) groups is 1. The second kappa shape index (κ2) is 8.66.